The Morgan fingerprint density at radius 2 is 1.71 bits per heavy atom. The van der Waals surface area contributed by atoms with Gasteiger partial charge in [-0.3, -0.25) is 9.59 Å². The molecular formula is C22H23ClN2O3. The monoisotopic (exact) mass is 398 g/mol. The smallest absolute Gasteiger partial charge is 0.282 e. The van der Waals surface area contributed by atoms with Crippen molar-refractivity contribution in [2.75, 3.05) is 25.1 Å². The molecule has 28 heavy (non-hydrogen) atoms. The van der Waals surface area contributed by atoms with Crippen LogP contribution < -0.4 is 4.90 Å². The topological polar surface area (TPSA) is 60.9 Å². The fourth-order valence-corrected chi connectivity index (χ4v) is 3.68. The van der Waals surface area contributed by atoms with Gasteiger partial charge in [-0.15, -0.1) is 0 Å². The molecule has 1 aliphatic rings. The normalized spacial score (nSPS) is 14.3. The first kappa shape index (κ1) is 20.1. The summed E-state index contributed by atoms with van der Waals surface area (Å²) < 4.78 is 0. The van der Waals surface area contributed by atoms with Gasteiger partial charge < -0.3 is 10.0 Å². The lowest BCUT2D eigenvalue weighted by Crippen LogP contribution is -2.35. The van der Waals surface area contributed by atoms with E-state index in [1.165, 1.54) is 4.90 Å². The Morgan fingerprint density at radius 3 is 2.36 bits per heavy atom. The molecule has 0 aliphatic carbocycles. The number of aryl methyl sites for hydroxylation is 3. The molecule has 0 spiro atoms. The Labute approximate surface area is 169 Å². The zero-order chi connectivity index (χ0) is 20.6. The lowest BCUT2D eigenvalue weighted by atomic mass is 9.97. The zero-order valence-electron chi connectivity index (χ0n) is 16.4. The van der Waals surface area contributed by atoms with Crippen LogP contribution in [-0.2, 0) is 9.59 Å². The fourth-order valence-electron chi connectivity index (χ4n) is 3.51. The first-order valence-corrected chi connectivity index (χ1v) is 9.43. The van der Waals surface area contributed by atoms with Crippen LogP contribution in [0.4, 0.5) is 5.69 Å². The summed E-state index contributed by atoms with van der Waals surface area (Å²) in [6.45, 7) is 5.85. The van der Waals surface area contributed by atoms with Crippen LogP contribution in [0, 0.1) is 20.8 Å². The molecule has 146 valence electrons. The van der Waals surface area contributed by atoms with E-state index in [4.69, 9.17) is 11.6 Å². The molecule has 1 aliphatic heterocycles. The maximum absolute atomic E-state index is 13.5. The number of imide groups is 1. The van der Waals surface area contributed by atoms with Crippen molar-refractivity contribution in [3.63, 3.8) is 0 Å². The third-order valence-corrected chi connectivity index (χ3v) is 5.17. The number of halogens is 1. The molecule has 0 saturated carbocycles. The average Bonchev–Trinajstić information content (AvgIpc) is 2.88. The molecule has 2 aromatic rings. The number of anilines is 1. The zero-order valence-corrected chi connectivity index (χ0v) is 17.2. The largest absolute Gasteiger partial charge is 0.395 e. The maximum atomic E-state index is 13.5. The lowest BCUT2D eigenvalue weighted by Gasteiger charge is -2.21. The average molecular weight is 399 g/mol. The molecule has 0 fully saturated rings. The summed E-state index contributed by atoms with van der Waals surface area (Å²) in [4.78, 5) is 29.6. The van der Waals surface area contributed by atoms with Gasteiger partial charge in [0.2, 0.25) is 0 Å². The number of carbonyl (C=O) groups excluding carboxylic acids is 2. The molecule has 5 nitrogen and oxygen atoms in total. The van der Waals surface area contributed by atoms with Crippen LogP contribution in [0.1, 0.15) is 22.3 Å². The van der Waals surface area contributed by atoms with E-state index >= 15 is 0 Å². The molecule has 0 aromatic heterocycles. The van der Waals surface area contributed by atoms with Crippen LogP contribution in [0.3, 0.4) is 0 Å². The first-order chi connectivity index (χ1) is 13.3. The summed E-state index contributed by atoms with van der Waals surface area (Å²) in [6.07, 6.45) is 0. The van der Waals surface area contributed by atoms with Crippen molar-refractivity contribution in [2.24, 2.45) is 0 Å². The van der Waals surface area contributed by atoms with Gasteiger partial charge in [0.15, 0.2) is 0 Å². The number of nitrogens with zero attached hydrogens (tertiary/aromatic N) is 2. The number of rotatable bonds is 5. The van der Waals surface area contributed by atoms with Crippen LogP contribution in [-0.4, -0.2) is 42.0 Å². The van der Waals surface area contributed by atoms with Gasteiger partial charge >= 0.3 is 0 Å². The Kier molecular flexibility index (Phi) is 5.59. The van der Waals surface area contributed by atoms with E-state index in [1.807, 2.05) is 39.0 Å². The Bertz CT molecular complexity index is 997. The summed E-state index contributed by atoms with van der Waals surface area (Å²) in [5.41, 5.74) is 4.57. The second-order valence-electron chi connectivity index (χ2n) is 7.06. The van der Waals surface area contributed by atoms with Gasteiger partial charge in [-0.2, -0.15) is 0 Å². The third kappa shape index (κ3) is 3.43. The number of carbonyl (C=O) groups is 2. The number of likely N-dealkylation sites (N-methyl/N-ethyl adjacent to an activating group) is 1. The van der Waals surface area contributed by atoms with Gasteiger partial charge in [0.1, 0.15) is 5.70 Å². The quantitative estimate of drug-likeness (QED) is 0.783. The second-order valence-corrected chi connectivity index (χ2v) is 7.50. The predicted molar refractivity (Wildman–Crippen MR) is 111 cm³/mol. The van der Waals surface area contributed by atoms with Crippen LogP contribution in [0.2, 0.25) is 5.02 Å². The molecule has 0 saturated heterocycles. The van der Waals surface area contributed by atoms with Gasteiger partial charge in [0, 0.05) is 18.6 Å². The van der Waals surface area contributed by atoms with Crippen molar-refractivity contribution < 1.29 is 14.7 Å². The van der Waals surface area contributed by atoms with Gasteiger partial charge in [0.25, 0.3) is 11.8 Å². The van der Waals surface area contributed by atoms with Crippen LogP contribution in [0.15, 0.2) is 42.1 Å². The first-order valence-electron chi connectivity index (χ1n) is 9.05. The van der Waals surface area contributed by atoms with Crippen molar-refractivity contribution in [1.82, 2.24) is 4.90 Å². The molecule has 0 atom stereocenters. The molecular weight excluding hydrogens is 376 g/mol. The second kappa shape index (κ2) is 7.78. The van der Waals surface area contributed by atoms with Crippen molar-refractivity contribution in [3.05, 3.63) is 69.4 Å². The van der Waals surface area contributed by atoms with Crippen molar-refractivity contribution in [2.45, 2.75) is 20.8 Å². The van der Waals surface area contributed by atoms with Crippen molar-refractivity contribution in [1.29, 1.82) is 0 Å². The van der Waals surface area contributed by atoms with E-state index in [-0.39, 0.29) is 24.8 Å². The Balaban J connectivity index is 2.21. The highest BCUT2D eigenvalue weighted by molar-refractivity contribution is 6.46. The fraction of sp³-hybridized carbons (Fsp3) is 0.273. The van der Waals surface area contributed by atoms with Crippen molar-refractivity contribution in [3.8, 4) is 0 Å². The lowest BCUT2D eigenvalue weighted by molar-refractivity contribution is -0.120. The number of aliphatic hydroxyl groups is 1. The summed E-state index contributed by atoms with van der Waals surface area (Å²) >= 11 is 6.13. The number of amides is 2. The number of hydrogen-bond acceptors (Lipinski definition) is 4. The molecule has 2 aromatic carbocycles. The van der Waals surface area contributed by atoms with E-state index < -0.39 is 5.91 Å². The summed E-state index contributed by atoms with van der Waals surface area (Å²) in [6, 6.07) is 10.9. The number of benzene rings is 2. The Hall–Kier alpha value is -2.63. The van der Waals surface area contributed by atoms with Gasteiger partial charge in [0.05, 0.1) is 17.9 Å². The minimum Gasteiger partial charge on any atom is -0.395 e. The molecule has 0 radical (unpaired) electrons. The highest BCUT2D eigenvalue weighted by Crippen LogP contribution is 2.37. The molecule has 0 unspecified atom stereocenters. The van der Waals surface area contributed by atoms with E-state index in [0.29, 0.717) is 21.8 Å². The molecule has 1 N–H and O–H groups in total. The summed E-state index contributed by atoms with van der Waals surface area (Å²) in [5.74, 6) is -0.802. The number of aliphatic hydroxyl groups excluding tert-OH is 1. The standard InChI is InChI=1S/C22H23ClN2O3/c1-13-5-8-17(15(3)11-13)19-20(24(4)9-10-26)22(28)25(21(19)27)18-12-16(23)7-6-14(18)2/h5-8,11-12,26H,9-10H2,1-4H3. The van der Waals surface area contributed by atoms with Crippen LogP contribution in [0.5, 0.6) is 0 Å². The Morgan fingerprint density at radius 1 is 1.00 bits per heavy atom. The minimum atomic E-state index is -0.415. The van der Waals surface area contributed by atoms with Gasteiger partial charge in [-0.05, 0) is 49.6 Å². The van der Waals surface area contributed by atoms with E-state index in [0.717, 1.165) is 16.7 Å². The van der Waals surface area contributed by atoms with E-state index in [2.05, 4.69) is 0 Å². The predicted octanol–water partition coefficient (Wildman–Crippen LogP) is 3.47. The molecule has 1 heterocycles. The van der Waals surface area contributed by atoms with E-state index in [9.17, 15) is 14.7 Å². The summed E-state index contributed by atoms with van der Waals surface area (Å²) in [5, 5.41) is 9.82. The van der Waals surface area contributed by atoms with Crippen molar-refractivity contribution >= 4 is 34.7 Å². The van der Waals surface area contributed by atoms with Gasteiger partial charge in [-0.1, -0.05) is 41.4 Å². The van der Waals surface area contributed by atoms with Crippen LogP contribution >= 0.6 is 11.6 Å². The van der Waals surface area contributed by atoms with E-state index in [1.54, 1.807) is 30.1 Å². The van der Waals surface area contributed by atoms with Crippen LogP contribution in [0.25, 0.3) is 5.57 Å². The molecule has 0 bridgehead atoms. The highest BCUT2D eigenvalue weighted by Gasteiger charge is 2.42. The molecule has 6 heteroatoms. The third-order valence-electron chi connectivity index (χ3n) is 4.94. The molecule has 2 amide bonds. The highest BCUT2D eigenvalue weighted by atomic mass is 35.5. The van der Waals surface area contributed by atoms with Gasteiger partial charge in [-0.25, -0.2) is 4.90 Å². The SMILES string of the molecule is Cc1ccc(C2=C(N(C)CCO)C(=O)N(c3cc(Cl)ccc3C)C2=O)c(C)c1. The minimum absolute atomic E-state index is 0.127. The number of hydrogen-bond donors (Lipinski definition) is 1. The summed E-state index contributed by atoms with van der Waals surface area (Å²) in [7, 11) is 1.70. The maximum Gasteiger partial charge on any atom is 0.282 e. The molecule has 3 rings (SSSR count).